The average Bonchev–Trinajstić information content (AvgIpc) is 3.39. The Morgan fingerprint density at radius 2 is 1.96 bits per heavy atom. The molecule has 2 aromatic rings. The van der Waals surface area contributed by atoms with Crippen molar-refractivity contribution in [3.63, 3.8) is 0 Å². The third-order valence-corrected chi connectivity index (χ3v) is 5.61. The zero-order valence-corrected chi connectivity index (χ0v) is 14.4. The maximum Gasteiger partial charge on any atom is 0.258 e. The van der Waals surface area contributed by atoms with Crippen molar-refractivity contribution in [3.05, 3.63) is 24.7 Å². The van der Waals surface area contributed by atoms with Crippen LogP contribution in [0.1, 0.15) is 12.8 Å². The summed E-state index contributed by atoms with van der Waals surface area (Å²) in [5.41, 5.74) is 0.985. The predicted molar refractivity (Wildman–Crippen MR) is 93.2 cm³/mol. The molecule has 1 saturated carbocycles. The molecule has 3 unspecified atom stereocenters. The molecule has 2 aromatic heterocycles. The summed E-state index contributed by atoms with van der Waals surface area (Å²) in [6.45, 7) is 3.12. The Morgan fingerprint density at radius 1 is 1.15 bits per heavy atom. The lowest BCUT2D eigenvalue weighted by molar-refractivity contribution is -0.134. The number of anilines is 1. The van der Waals surface area contributed by atoms with E-state index in [1.54, 1.807) is 12.4 Å². The van der Waals surface area contributed by atoms with Gasteiger partial charge in [0.15, 0.2) is 12.0 Å². The molecule has 138 valence electrons. The van der Waals surface area contributed by atoms with Crippen molar-refractivity contribution in [2.24, 2.45) is 5.92 Å². The van der Waals surface area contributed by atoms with Gasteiger partial charge in [-0.3, -0.25) is 15.0 Å². The predicted octanol–water partition coefficient (Wildman–Crippen LogP) is -0.0290. The number of halogens is 1. The number of hydrogen-bond acceptors (Lipinski definition) is 6. The van der Waals surface area contributed by atoms with E-state index in [0.29, 0.717) is 5.92 Å². The fourth-order valence-electron chi connectivity index (χ4n) is 3.99. The van der Waals surface area contributed by atoms with Crippen LogP contribution in [-0.4, -0.2) is 70.1 Å². The highest BCUT2D eigenvalue weighted by molar-refractivity contribution is 5.82. The summed E-state index contributed by atoms with van der Waals surface area (Å²) in [7, 11) is 0. The van der Waals surface area contributed by atoms with Crippen molar-refractivity contribution in [1.29, 1.82) is 0 Å². The largest absolute Gasteiger partial charge is 0.352 e. The smallest absolute Gasteiger partial charge is 0.258 e. The van der Waals surface area contributed by atoms with E-state index in [1.807, 2.05) is 16.8 Å². The van der Waals surface area contributed by atoms with E-state index in [1.165, 1.54) is 0 Å². The number of amides is 1. The van der Waals surface area contributed by atoms with Gasteiger partial charge in [-0.15, -0.1) is 0 Å². The van der Waals surface area contributed by atoms with Crippen LogP contribution in [0.5, 0.6) is 0 Å². The van der Waals surface area contributed by atoms with Crippen LogP contribution in [-0.2, 0) is 4.79 Å². The van der Waals surface area contributed by atoms with Crippen LogP contribution in [0.3, 0.4) is 0 Å². The topological polar surface area (TPSA) is 77.8 Å². The highest BCUT2D eigenvalue weighted by atomic mass is 19.1. The SMILES string of the molecule is O=C1NC(N2CCN(c3nccn4nccc34)CC2)NC(C2CC2)C1F. The Hall–Kier alpha value is -2.26. The normalized spacial score (nSPS) is 30.6. The molecule has 1 aliphatic carbocycles. The lowest BCUT2D eigenvalue weighted by atomic mass is 10.0. The van der Waals surface area contributed by atoms with Crippen LogP contribution in [0.25, 0.3) is 5.52 Å². The van der Waals surface area contributed by atoms with Gasteiger partial charge in [0.25, 0.3) is 5.91 Å². The second kappa shape index (κ2) is 6.17. The first kappa shape index (κ1) is 16.0. The minimum Gasteiger partial charge on any atom is -0.352 e. The zero-order chi connectivity index (χ0) is 17.7. The number of aromatic nitrogens is 3. The molecule has 3 aliphatic rings. The fraction of sp³-hybridized carbons (Fsp3) is 0.588. The Kier molecular flexibility index (Phi) is 3.79. The molecule has 0 aromatic carbocycles. The summed E-state index contributed by atoms with van der Waals surface area (Å²) in [5.74, 6) is 0.729. The zero-order valence-electron chi connectivity index (χ0n) is 14.4. The molecule has 0 radical (unpaired) electrons. The number of piperazine rings is 1. The quantitative estimate of drug-likeness (QED) is 0.802. The van der Waals surface area contributed by atoms with E-state index >= 15 is 0 Å². The Labute approximate surface area is 150 Å². The van der Waals surface area contributed by atoms with Crippen molar-refractivity contribution < 1.29 is 9.18 Å². The highest BCUT2D eigenvalue weighted by Crippen LogP contribution is 2.36. The molecule has 5 rings (SSSR count). The fourth-order valence-corrected chi connectivity index (χ4v) is 3.99. The summed E-state index contributed by atoms with van der Waals surface area (Å²) >= 11 is 0. The van der Waals surface area contributed by atoms with Crippen LogP contribution in [0.15, 0.2) is 24.7 Å². The minimum absolute atomic E-state index is 0.291. The van der Waals surface area contributed by atoms with Crippen molar-refractivity contribution in [2.45, 2.75) is 31.3 Å². The summed E-state index contributed by atoms with van der Waals surface area (Å²) < 4.78 is 16.0. The van der Waals surface area contributed by atoms with Gasteiger partial charge in [0.2, 0.25) is 0 Å². The monoisotopic (exact) mass is 359 g/mol. The first-order valence-corrected chi connectivity index (χ1v) is 9.18. The van der Waals surface area contributed by atoms with E-state index in [2.05, 4.69) is 30.5 Å². The van der Waals surface area contributed by atoms with Gasteiger partial charge in [0.1, 0.15) is 11.8 Å². The van der Waals surface area contributed by atoms with Crippen LogP contribution < -0.4 is 15.5 Å². The molecule has 2 aliphatic heterocycles. The number of carbonyl (C=O) groups excluding carboxylic acids is 1. The van der Waals surface area contributed by atoms with E-state index in [9.17, 15) is 9.18 Å². The maximum atomic E-state index is 14.2. The van der Waals surface area contributed by atoms with Crippen molar-refractivity contribution >= 4 is 17.2 Å². The van der Waals surface area contributed by atoms with Crippen molar-refractivity contribution in [3.8, 4) is 0 Å². The number of hydrogen-bond donors (Lipinski definition) is 2. The van der Waals surface area contributed by atoms with Crippen LogP contribution in [0, 0.1) is 5.92 Å². The second-order valence-electron chi connectivity index (χ2n) is 7.28. The molecule has 9 heteroatoms. The molecule has 0 spiro atoms. The molecule has 3 fully saturated rings. The molecule has 2 N–H and O–H groups in total. The van der Waals surface area contributed by atoms with Gasteiger partial charge < -0.3 is 10.2 Å². The molecule has 0 bridgehead atoms. The van der Waals surface area contributed by atoms with E-state index in [4.69, 9.17) is 0 Å². The van der Waals surface area contributed by atoms with E-state index in [-0.39, 0.29) is 12.3 Å². The molecular weight excluding hydrogens is 337 g/mol. The van der Waals surface area contributed by atoms with Gasteiger partial charge >= 0.3 is 0 Å². The molecule has 3 atom stereocenters. The Balaban J connectivity index is 1.27. The third kappa shape index (κ3) is 2.71. The van der Waals surface area contributed by atoms with Gasteiger partial charge in [0, 0.05) is 38.6 Å². The van der Waals surface area contributed by atoms with Gasteiger partial charge in [-0.2, -0.15) is 5.10 Å². The Morgan fingerprint density at radius 3 is 2.73 bits per heavy atom. The number of carbonyl (C=O) groups is 1. The highest BCUT2D eigenvalue weighted by Gasteiger charge is 2.46. The molecule has 26 heavy (non-hydrogen) atoms. The third-order valence-electron chi connectivity index (χ3n) is 5.61. The van der Waals surface area contributed by atoms with Crippen molar-refractivity contribution in [1.82, 2.24) is 30.1 Å². The first-order chi connectivity index (χ1) is 12.7. The minimum atomic E-state index is -1.44. The molecule has 1 amide bonds. The number of nitrogens with one attached hydrogen (secondary N) is 2. The average molecular weight is 359 g/mol. The maximum absolute atomic E-state index is 14.2. The Bertz CT molecular complexity index is 814. The van der Waals surface area contributed by atoms with E-state index in [0.717, 1.165) is 50.4 Å². The summed E-state index contributed by atoms with van der Waals surface area (Å²) in [6, 6.07) is 1.60. The van der Waals surface area contributed by atoms with Crippen LogP contribution in [0.4, 0.5) is 10.2 Å². The number of nitrogens with zero attached hydrogens (tertiary/aromatic N) is 5. The summed E-state index contributed by atoms with van der Waals surface area (Å²) in [6.07, 6.45) is 5.64. The van der Waals surface area contributed by atoms with Gasteiger partial charge in [0.05, 0.1) is 12.2 Å². The molecular formula is C17H22FN7O. The van der Waals surface area contributed by atoms with Crippen LogP contribution >= 0.6 is 0 Å². The molecule has 8 nitrogen and oxygen atoms in total. The molecule has 4 heterocycles. The molecule has 2 saturated heterocycles. The second-order valence-corrected chi connectivity index (χ2v) is 7.28. The first-order valence-electron chi connectivity index (χ1n) is 9.18. The number of alkyl halides is 1. The van der Waals surface area contributed by atoms with Gasteiger partial charge in [-0.1, -0.05) is 0 Å². The van der Waals surface area contributed by atoms with Gasteiger partial charge in [-0.25, -0.2) is 13.9 Å². The van der Waals surface area contributed by atoms with Crippen molar-refractivity contribution in [2.75, 3.05) is 31.1 Å². The summed E-state index contributed by atoms with van der Waals surface area (Å²) in [4.78, 5) is 20.9. The standard InChI is InChI=1S/C17H22FN7O/c18-13-14(11-1-2-11)21-17(22-16(13)26)24-9-7-23(8-10-24)15-12-3-4-20-25(12)6-5-19-15/h3-6,11,13-14,17,21H,1-2,7-10H2,(H,22,26). The number of rotatable bonds is 3. The van der Waals surface area contributed by atoms with Gasteiger partial charge in [-0.05, 0) is 24.8 Å². The lowest BCUT2D eigenvalue weighted by Crippen LogP contribution is -2.70. The van der Waals surface area contributed by atoms with Crippen LogP contribution in [0.2, 0.25) is 0 Å². The summed E-state index contributed by atoms with van der Waals surface area (Å²) in [5, 5.41) is 10.4. The lowest BCUT2D eigenvalue weighted by Gasteiger charge is -2.44. The van der Waals surface area contributed by atoms with E-state index < -0.39 is 12.1 Å². The number of fused-ring (bicyclic) bond motifs is 1.